The summed E-state index contributed by atoms with van der Waals surface area (Å²) in [6.07, 6.45) is 0. The Morgan fingerprint density at radius 1 is 1.29 bits per heavy atom. The Morgan fingerprint density at radius 3 is 2.71 bits per heavy atom. The minimum atomic E-state index is -0.552. The van der Waals surface area contributed by atoms with Crippen molar-refractivity contribution in [2.75, 3.05) is 13.7 Å². The molecule has 126 valence electrons. The first kappa shape index (κ1) is 17.4. The average molecular weight is 332 g/mol. The van der Waals surface area contributed by atoms with Gasteiger partial charge in [0.15, 0.2) is 12.4 Å². The van der Waals surface area contributed by atoms with Crippen molar-refractivity contribution >= 4 is 11.6 Å². The van der Waals surface area contributed by atoms with Gasteiger partial charge in [0.25, 0.3) is 5.91 Å². The number of halogens is 1. The third kappa shape index (κ3) is 4.52. The number of hydrogen-bond donors (Lipinski definition) is 0. The van der Waals surface area contributed by atoms with Crippen LogP contribution in [0.2, 0.25) is 0 Å². The van der Waals surface area contributed by atoms with Crippen molar-refractivity contribution in [1.29, 1.82) is 0 Å². The summed E-state index contributed by atoms with van der Waals surface area (Å²) in [6.45, 7) is 1.61. The summed E-state index contributed by atoms with van der Waals surface area (Å²) >= 11 is 0. The predicted octanol–water partition coefficient (Wildman–Crippen LogP) is 3.08. The molecule has 0 saturated heterocycles. The number of carbonyl (C=O) groups is 1. The fraction of sp³-hybridized carbons (Fsp3) is 0.235. The molecular formula is C17H17FN2O4. The van der Waals surface area contributed by atoms with Gasteiger partial charge in [0.1, 0.15) is 5.82 Å². The molecule has 0 unspecified atom stereocenters. The average Bonchev–Trinajstić information content (AvgIpc) is 2.53. The highest BCUT2D eigenvalue weighted by Crippen LogP contribution is 2.27. The molecule has 0 heterocycles. The van der Waals surface area contributed by atoms with Gasteiger partial charge < -0.3 is 9.64 Å². The van der Waals surface area contributed by atoms with E-state index in [1.165, 1.54) is 29.2 Å². The van der Waals surface area contributed by atoms with Gasteiger partial charge in [-0.05, 0) is 36.2 Å². The first-order valence-corrected chi connectivity index (χ1v) is 7.23. The lowest BCUT2D eigenvalue weighted by Gasteiger charge is -2.17. The molecule has 24 heavy (non-hydrogen) atoms. The van der Waals surface area contributed by atoms with Gasteiger partial charge in [0, 0.05) is 19.7 Å². The number of nitro groups is 1. The van der Waals surface area contributed by atoms with Gasteiger partial charge in [0.05, 0.1) is 4.92 Å². The number of nitro benzene ring substituents is 1. The van der Waals surface area contributed by atoms with E-state index in [1.807, 2.05) is 0 Å². The van der Waals surface area contributed by atoms with E-state index in [0.29, 0.717) is 5.56 Å². The van der Waals surface area contributed by atoms with Crippen LogP contribution >= 0.6 is 0 Å². The molecule has 0 aromatic heterocycles. The van der Waals surface area contributed by atoms with Crippen molar-refractivity contribution in [2.24, 2.45) is 0 Å². The molecule has 0 N–H and O–H groups in total. The SMILES string of the molecule is Cc1ccc(OCC(=O)N(C)Cc2cccc(F)c2)c([N+](=O)[O-])c1. The number of carbonyl (C=O) groups excluding carboxylic acids is 1. The Hall–Kier alpha value is -2.96. The summed E-state index contributed by atoms with van der Waals surface area (Å²) < 4.78 is 18.4. The number of ether oxygens (including phenoxy) is 1. The lowest BCUT2D eigenvalue weighted by molar-refractivity contribution is -0.385. The number of likely N-dealkylation sites (N-methyl/N-ethyl adjacent to an activating group) is 1. The fourth-order valence-electron chi connectivity index (χ4n) is 2.14. The van der Waals surface area contributed by atoms with Crippen molar-refractivity contribution < 1.29 is 18.8 Å². The number of benzene rings is 2. The molecule has 7 heteroatoms. The van der Waals surface area contributed by atoms with E-state index in [1.54, 1.807) is 32.2 Å². The number of rotatable bonds is 6. The second kappa shape index (κ2) is 7.54. The zero-order valence-corrected chi connectivity index (χ0v) is 13.4. The molecular weight excluding hydrogens is 315 g/mol. The van der Waals surface area contributed by atoms with E-state index in [4.69, 9.17) is 4.74 Å². The van der Waals surface area contributed by atoms with Crippen LogP contribution in [0.15, 0.2) is 42.5 Å². The van der Waals surface area contributed by atoms with Crippen LogP contribution in [0.5, 0.6) is 5.75 Å². The minimum Gasteiger partial charge on any atom is -0.477 e. The predicted molar refractivity (Wildman–Crippen MR) is 86.2 cm³/mol. The van der Waals surface area contributed by atoms with Crippen LogP contribution in [0.25, 0.3) is 0 Å². The monoisotopic (exact) mass is 332 g/mol. The highest BCUT2D eigenvalue weighted by molar-refractivity contribution is 5.77. The third-order valence-corrected chi connectivity index (χ3v) is 3.40. The Morgan fingerprint density at radius 2 is 2.04 bits per heavy atom. The maximum atomic E-state index is 13.1. The van der Waals surface area contributed by atoms with E-state index in [-0.39, 0.29) is 36.3 Å². The van der Waals surface area contributed by atoms with Crippen molar-refractivity contribution in [2.45, 2.75) is 13.5 Å². The summed E-state index contributed by atoms with van der Waals surface area (Å²) in [5.41, 5.74) is 1.19. The zero-order chi connectivity index (χ0) is 17.7. The second-order valence-corrected chi connectivity index (χ2v) is 5.40. The first-order valence-electron chi connectivity index (χ1n) is 7.23. The normalized spacial score (nSPS) is 10.3. The quantitative estimate of drug-likeness (QED) is 0.602. The molecule has 0 saturated carbocycles. The minimum absolute atomic E-state index is 0.0399. The van der Waals surface area contributed by atoms with E-state index in [2.05, 4.69) is 0 Å². The van der Waals surface area contributed by atoms with Crippen LogP contribution in [0, 0.1) is 22.9 Å². The molecule has 0 fully saturated rings. The maximum Gasteiger partial charge on any atom is 0.311 e. The highest BCUT2D eigenvalue weighted by atomic mass is 19.1. The Balaban J connectivity index is 1.99. The molecule has 2 rings (SSSR count). The molecule has 6 nitrogen and oxygen atoms in total. The fourth-order valence-corrected chi connectivity index (χ4v) is 2.14. The molecule has 0 aliphatic rings. The standard InChI is InChI=1S/C17H17FN2O4/c1-12-6-7-16(15(8-12)20(22)23)24-11-17(21)19(2)10-13-4-3-5-14(18)9-13/h3-9H,10-11H2,1-2H3. The van der Waals surface area contributed by atoms with Crippen molar-refractivity contribution in [3.8, 4) is 5.75 Å². The molecule has 0 aliphatic carbocycles. The summed E-state index contributed by atoms with van der Waals surface area (Å²) in [5, 5.41) is 11.0. The molecule has 2 aromatic carbocycles. The molecule has 0 spiro atoms. The van der Waals surface area contributed by atoms with Gasteiger partial charge in [0.2, 0.25) is 0 Å². The van der Waals surface area contributed by atoms with Crippen LogP contribution in [0.1, 0.15) is 11.1 Å². The highest BCUT2D eigenvalue weighted by Gasteiger charge is 2.17. The molecule has 2 aromatic rings. The number of hydrogen-bond acceptors (Lipinski definition) is 4. The van der Waals surface area contributed by atoms with Gasteiger partial charge in [-0.25, -0.2) is 4.39 Å². The molecule has 0 bridgehead atoms. The van der Waals surface area contributed by atoms with Crippen molar-refractivity contribution in [1.82, 2.24) is 4.90 Å². The Labute approximate surface area is 138 Å². The smallest absolute Gasteiger partial charge is 0.311 e. The Kier molecular flexibility index (Phi) is 5.47. The number of amides is 1. The number of aryl methyl sites for hydroxylation is 1. The van der Waals surface area contributed by atoms with Gasteiger partial charge in [-0.15, -0.1) is 0 Å². The van der Waals surface area contributed by atoms with Crippen LogP contribution < -0.4 is 4.74 Å². The largest absolute Gasteiger partial charge is 0.477 e. The van der Waals surface area contributed by atoms with E-state index in [9.17, 15) is 19.3 Å². The van der Waals surface area contributed by atoms with Gasteiger partial charge in [-0.1, -0.05) is 18.2 Å². The first-order chi connectivity index (χ1) is 11.4. The van der Waals surface area contributed by atoms with Crippen LogP contribution in [0.3, 0.4) is 0 Å². The molecule has 0 radical (unpaired) electrons. The summed E-state index contributed by atoms with van der Waals surface area (Å²) in [4.78, 5) is 23.9. The zero-order valence-electron chi connectivity index (χ0n) is 13.4. The van der Waals surface area contributed by atoms with E-state index >= 15 is 0 Å². The molecule has 0 aliphatic heterocycles. The maximum absolute atomic E-state index is 13.1. The lowest BCUT2D eigenvalue weighted by Crippen LogP contribution is -2.31. The molecule has 0 atom stereocenters. The molecule has 1 amide bonds. The summed E-state index contributed by atoms with van der Waals surface area (Å²) in [5.74, 6) is -0.702. The van der Waals surface area contributed by atoms with Crippen molar-refractivity contribution in [3.05, 3.63) is 69.5 Å². The van der Waals surface area contributed by atoms with Crippen molar-refractivity contribution in [3.63, 3.8) is 0 Å². The van der Waals surface area contributed by atoms with Crippen LogP contribution in [0.4, 0.5) is 10.1 Å². The lowest BCUT2D eigenvalue weighted by atomic mass is 10.2. The summed E-state index contributed by atoms with van der Waals surface area (Å²) in [7, 11) is 1.56. The van der Waals surface area contributed by atoms with E-state index < -0.39 is 4.92 Å². The van der Waals surface area contributed by atoms with Crippen LogP contribution in [-0.2, 0) is 11.3 Å². The Bertz CT molecular complexity index is 764. The van der Waals surface area contributed by atoms with Gasteiger partial charge in [-0.2, -0.15) is 0 Å². The van der Waals surface area contributed by atoms with Crippen LogP contribution in [-0.4, -0.2) is 29.4 Å². The topological polar surface area (TPSA) is 72.7 Å². The third-order valence-electron chi connectivity index (χ3n) is 3.40. The number of nitrogens with zero attached hydrogens (tertiary/aromatic N) is 2. The second-order valence-electron chi connectivity index (χ2n) is 5.40. The van der Waals surface area contributed by atoms with E-state index in [0.717, 1.165) is 5.56 Å². The summed E-state index contributed by atoms with van der Waals surface area (Å²) in [6, 6.07) is 10.5. The van der Waals surface area contributed by atoms with Gasteiger partial charge >= 0.3 is 5.69 Å². The van der Waals surface area contributed by atoms with Gasteiger partial charge in [-0.3, -0.25) is 14.9 Å².